The summed E-state index contributed by atoms with van der Waals surface area (Å²) in [5.41, 5.74) is 1.71. The molecule has 1 aliphatic rings. The van der Waals surface area contributed by atoms with E-state index in [0.29, 0.717) is 6.61 Å². The van der Waals surface area contributed by atoms with Gasteiger partial charge in [0.25, 0.3) is 0 Å². The van der Waals surface area contributed by atoms with Gasteiger partial charge in [-0.2, -0.15) is 0 Å². The molecule has 1 amide bonds. The highest BCUT2D eigenvalue weighted by Crippen LogP contribution is 2.37. The molecule has 104 valence electrons. The van der Waals surface area contributed by atoms with Crippen molar-refractivity contribution in [1.82, 2.24) is 4.98 Å². The Morgan fingerprint density at radius 2 is 2.11 bits per heavy atom. The third kappa shape index (κ3) is 2.50. The lowest BCUT2D eigenvalue weighted by Gasteiger charge is -2.33. The van der Waals surface area contributed by atoms with Gasteiger partial charge in [0.15, 0.2) is 0 Å². The Morgan fingerprint density at radius 1 is 1.42 bits per heavy atom. The maximum absolute atomic E-state index is 12.1. The van der Waals surface area contributed by atoms with E-state index >= 15 is 0 Å². The molecule has 1 aromatic heterocycles. The maximum atomic E-state index is 12.1. The number of carbonyl (C=O) groups excluding carboxylic acids is 1. The van der Waals surface area contributed by atoms with Gasteiger partial charge in [0.1, 0.15) is 6.61 Å². The summed E-state index contributed by atoms with van der Waals surface area (Å²) in [5.74, 6) is 0. The van der Waals surface area contributed by atoms with E-state index in [2.05, 4.69) is 25.8 Å². The molecule has 0 aromatic carbocycles. The first kappa shape index (κ1) is 13.6. The van der Waals surface area contributed by atoms with E-state index in [9.17, 15) is 4.79 Å². The molecule has 0 saturated carbocycles. The number of carbonyl (C=O) groups is 1. The van der Waals surface area contributed by atoms with Crippen molar-refractivity contribution < 1.29 is 9.53 Å². The zero-order valence-corrected chi connectivity index (χ0v) is 12.2. The number of anilines is 2. The van der Waals surface area contributed by atoms with Gasteiger partial charge in [-0.15, -0.1) is 0 Å². The van der Waals surface area contributed by atoms with Crippen molar-refractivity contribution in [1.29, 1.82) is 0 Å². The van der Waals surface area contributed by atoms with E-state index in [4.69, 9.17) is 4.74 Å². The molecule has 0 spiro atoms. The van der Waals surface area contributed by atoms with Gasteiger partial charge in [0, 0.05) is 20.3 Å². The molecule has 2 rings (SSSR count). The largest absolute Gasteiger partial charge is 0.447 e. The molecule has 0 N–H and O–H groups in total. The van der Waals surface area contributed by atoms with Crippen LogP contribution in [0, 0.1) is 5.41 Å². The Kier molecular flexibility index (Phi) is 3.39. The van der Waals surface area contributed by atoms with Gasteiger partial charge in [-0.3, -0.25) is 9.88 Å². The number of hydrogen-bond acceptors (Lipinski definition) is 4. The first-order valence-electron chi connectivity index (χ1n) is 6.39. The Labute approximate surface area is 114 Å². The Morgan fingerprint density at radius 3 is 2.68 bits per heavy atom. The molecule has 1 aliphatic heterocycles. The van der Waals surface area contributed by atoms with E-state index in [0.717, 1.165) is 11.4 Å². The number of nitrogens with zero attached hydrogens (tertiary/aromatic N) is 3. The van der Waals surface area contributed by atoms with Gasteiger partial charge in [0.05, 0.1) is 23.6 Å². The molecule has 5 heteroatoms. The lowest BCUT2D eigenvalue weighted by atomic mass is 9.86. The third-order valence-electron chi connectivity index (χ3n) is 3.39. The van der Waals surface area contributed by atoms with E-state index in [1.165, 1.54) is 0 Å². The van der Waals surface area contributed by atoms with Crippen LogP contribution in [0.1, 0.15) is 20.8 Å². The first-order chi connectivity index (χ1) is 8.82. The minimum Gasteiger partial charge on any atom is -0.447 e. The quantitative estimate of drug-likeness (QED) is 0.822. The normalized spacial score (nSPS) is 19.5. The second-order valence-electron chi connectivity index (χ2n) is 6.09. The van der Waals surface area contributed by atoms with Crippen molar-refractivity contribution in [2.24, 2.45) is 5.41 Å². The molecule has 1 aromatic rings. The molecular formula is C14H21N3O2. The van der Waals surface area contributed by atoms with Crippen LogP contribution in [0.5, 0.6) is 0 Å². The lowest BCUT2D eigenvalue weighted by molar-refractivity contribution is 0.172. The summed E-state index contributed by atoms with van der Waals surface area (Å²) < 4.78 is 5.23. The smallest absolute Gasteiger partial charge is 0.414 e. The van der Waals surface area contributed by atoms with Gasteiger partial charge in [-0.25, -0.2) is 4.79 Å². The van der Waals surface area contributed by atoms with Crippen molar-refractivity contribution in [2.45, 2.75) is 26.8 Å². The fourth-order valence-corrected chi connectivity index (χ4v) is 2.27. The summed E-state index contributed by atoms with van der Waals surface area (Å²) in [7, 11) is 3.90. The Balaban J connectivity index is 2.47. The number of ether oxygens (including phenoxy) is 1. The van der Waals surface area contributed by atoms with Crippen molar-refractivity contribution in [2.75, 3.05) is 30.5 Å². The number of cyclic esters (lactones) is 1. The zero-order valence-electron chi connectivity index (χ0n) is 12.2. The van der Waals surface area contributed by atoms with Gasteiger partial charge in [-0.05, 0) is 11.5 Å². The monoisotopic (exact) mass is 263 g/mol. The molecule has 19 heavy (non-hydrogen) atoms. The van der Waals surface area contributed by atoms with Crippen LogP contribution < -0.4 is 9.80 Å². The van der Waals surface area contributed by atoms with Crippen LogP contribution in [0.25, 0.3) is 0 Å². The predicted octanol–water partition coefficient (Wildman–Crippen LogP) is 2.52. The number of aromatic nitrogens is 1. The molecule has 0 unspecified atom stereocenters. The minimum atomic E-state index is -0.295. The second kappa shape index (κ2) is 4.72. The molecule has 5 nitrogen and oxygen atoms in total. The number of pyridine rings is 1. The van der Waals surface area contributed by atoms with Gasteiger partial charge >= 0.3 is 6.09 Å². The van der Waals surface area contributed by atoms with Gasteiger partial charge in [0.2, 0.25) is 0 Å². The molecule has 2 heterocycles. The topological polar surface area (TPSA) is 45.7 Å². The van der Waals surface area contributed by atoms with Gasteiger partial charge in [-0.1, -0.05) is 20.8 Å². The summed E-state index contributed by atoms with van der Waals surface area (Å²) in [6, 6.07) is 1.92. The molecule has 1 fully saturated rings. The fraction of sp³-hybridized carbons (Fsp3) is 0.571. The lowest BCUT2D eigenvalue weighted by Crippen LogP contribution is -2.43. The Hall–Kier alpha value is -1.78. The molecule has 1 saturated heterocycles. The third-order valence-corrected chi connectivity index (χ3v) is 3.39. The van der Waals surface area contributed by atoms with E-state index < -0.39 is 0 Å². The van der Waals surface area contributed by atoms with E-state index in [1.54, 1.807) is 17.3 Å². The number of hydrogen-bond donors (Lipinski definition) is 0. The molecule has 0 aliphatic carbocycles. The van der Waals surface area contributed by atoms with Crippen LogP contribution in [0.3, 0.4) is 0 Å². The minimum absolute atomic E-state index is 0.0166. The van der Waals surface area contributed by atoms with Crippen molar-refractivity contribution in [3.8, 4) is 0 Å². The predicted molar refractivity (Wildman–Crippen MR) is 75.6 cm³/mol. The summed E-state index contributed by atoms with van der Waals surface area (Å²) in [4.78, 5) is 19.9. The van der Waals surface area contributed by atoms with E-state index in [1.807, 2.05) is 25.1 Å². The highest BCUT2D eigenvalue weighted by Gasteiger charge is 2.42. The van der Waals surface area contributed by atoms with Crippen LogP contribution >= 0.6 is 0 Å². The summed E-state index contributed by atoms with van der Waals surface area (Å²) in [5, 5.41) is 0. The average molecular weight is 263 g/mol. The highest BCUT2D eigenvalue weighted by molar-refractivity contribution is 5.94. The Bertz CT molecular complexity index is 480. The standard InChI is InChI=1S/C14H21N3O2/c1-14(2,3)12-9-19-13(18)17(12)11-8-15-7-6-10(11)16(4)5/h6-8,12H,9H2,1-5H3/t12-/m1/s1. The average Bonchev–Trinajstić information content (AvgIpc) is 2.70. The van der Waals surface area contributed by atoms with Crippen molar-refractivity contribution in [3.63, 3.8) is 0 Å². The number of amides is 1. The van der Waals surface area contributed by atoms with Crippen LogP contribution in [-0.2, 0) is 4.74 Å². The summed E-state index contributed by atoms with van der Waals surface area (Å²) >= 11 is 0. The highest BCUT2D eigenvalue weighted by atomic mass is 16.6. The van der Waals surface area contributed by atoms with Crippen LogP contribution in [0.2, 0.25) is 0 Å². The van der Waals surface area contributed by atoms with Crippen LogP contribution in [0.4, 0.5) is 16.2 Å². The summed E-state index contributed by atoms with van der Waals surface area (Å²) in [6.45, 7) is 6.75. The summed E-state index contributed by atoms with van der Waals surface area (Å²) in [6.07, 6.45) is 3.16. The van der Waals surface area contributed by atoms with Gasteiger partial charge < -0.3 is 9.64 Å². The van der Waals surface area contributed by atoms with Crippen molar-refractivity contribution >= 4 is 17.5 Å². The molecule has 0 radical (unpaired) electrons. The fourth-order valence-electron chi connectivity index (χ4n) is 2.27. The van der Waals surface area contributed by atoms with Crippen LogP contribution in [-0.4, -0.2) is 37.8 Å². The molecule has 0 bridgehead atoms. The maximum Gasteiger partial charge on any atom is 0.414 e. The van der Waals surface area contributed by atoms with Crippen LogP contribution in [0.15, 0.2) is 18.5 Å². The van der Waals surface area contributed by atoms with Crippen molar-refractivity contribution in [3.05, 3.63) is 18.5 Å². The molecular weight excluding hydrogens is 242 g/mol. The SMILES string of the molecule is CN(C)c1ccncc1N1C(=O)OC[C@@H]1C(C)(C)C. The van der Waals surface area contributed by atoms with E-state index in [-0.39, 0.29) is 17.6 Å². The first-order valence-corrected chi connectivity index (χ1v) is 6.39. The zero-order chi connectivity index (χ0) is 14.2. The molecule has 1 atom stereocenters. The number of rotatable bonds is 2. The second-order valence-corrected chi connectivity index (χ2v) is 6.09.